The van der Waals surface area contributed by atoms with Gasteiger partial charge in [0.25, 0.3) is 5.89 Å². The van der Waals surface area contributed by atoms with E-state index in [0.29, 0.717) is 12.3 Å². The van der Waals surface area contributed by atoms with Crippen molar-refractivity contribution >= 4 is 23.5 Å². The molecule has 4 rings (SSSR count). The second-order valence-corrected chi connectivity index (χ2v) is 5.62. The summed E-state index contributed by atoms with van der Waals surface area (Å²) in [5.74, 6) is -0.311. The summed E-state index contributed by atoms with van der Waals surface area (Å²) in [4.78, 5) is 26.2. The maximum atomic E-state index is 12.4. The van der Waals surface area contributed by atoms with Gasteiger partial charge in [0.1, 0.15) is 0 Å². The number of para-hydroxylation sites is 1. The van der Waals surface area contributed by atoms with E-state index in [1.54, 1.807) is 17.0 Å². The third-order valence-electron chi connectivity index (χ3n) is 3.95. The molecule has 1 fully saturated rings. The number of benzene rings is 1. The van der Waals surface area contributed by atoms with Crippen LogP contribution in [0.4, 0.5) is 11.7 Å². The highest BCUT2D eigenvalue weighted by Crippen LogP contribution is 2.26. The lowest BCUT2D eigenvalue weighted by Crippen LogP contribution is -2.28. The molecule has 3 heterocycles. The van der Waals surface area contributed by atoms with E-state index in [1.165, 1.54) is 6.26 Å². The third kappa shape index (κ3) is 3.01. The van der Waals surface area contributed by atoms with E-state index in [2.05, 4.69) is 15.5 Å². The number of nitrogens with one attached hydrogen (secondary N) is 1. The van der Waals surface area contributed by atoms with Crippen LogP contribution in [0.15, 0.2) is 57.6 Å². The van der Waals surface area contributed by atoms with Crippen molar-refractivity contribution in [2.24, 2.45) is 5.92 Å². The van der Waals surface area contributed by atoms with Crippen molar-refractivity contribution in [3.05, 3.63) is 48.7 Å². The summed E-state index contributed by atoms with van der Waals surface area (Å²) in [5, 5.41) is 10.1. The van der Waals surface area contributed by atoms with Crippen LogP contribution in [0.1, 0.15) is 6.42 Å². The lowest BCUT2D eigenvalue weighted by Gasteiger charge is -2.16. The van der Waals surface area contributed by atoms with Crippen molar-refractivity contribution in [1.82, 2.24) is 10.2 Å². The highest BCUT2D eigenvalue weighted by atomic mass is 16.4. The van der Waals surface area contributed by atoms with Crippen LogP contribution in [-0.2, 0) is 9.59 Å². The van der Waals surface area contributed by atoms with E-state index in [0.717, 1.165) is 5.69 Å². The predicted molar refractivity (Wildman–Crippen MR) is 87.5 cm³/mol. The Hall–Kier alpha value is -3.42. The van der Waals surface area contributed by atoms with E-state index >= 15 is 0 Å². The Balaban J connectivity index is 1.43. The minimum absolute atomic E-state index is 0.0259. The summed E-state index contributed by atoms with van der Waals surface area (Å²) < 4.78 is 10.5. The summed E-state index contributed by atoms with van der Waals surface area (Å²) >= 11 is 0. The summed E-state index contributed by atoms with van der Waals surface area (Å²) in [7, 11) is 0. The fourth-order valence-corrected chi connectivity index (χ4v) is 2.72. The normalized spacial score (nSPS) is 17.0. The van der Waals surface area contributed by atoms with Crippen molar-refractivity contribution in [2.45, 2.75) is 6.42 Å². The quantitative estimate of drug-likeness (QED) is 0.783. The highest BCUT2D eigenvalue weighted by molar-refractivity contribution is 6.02. The van der Waals surface area contributed by atoms with Gasteiger partial charge in [-0.05, 0) is 24.3 Å². The number of nitrogens with zero attached hydrogens (tertiary/aromatic N) is 3. The molecule has 0 unspecified atom stereocenters. The molecule has 1 aliphatic heterocycles. The Morgan fingerprint density at radius 1 is 1.16 bits per heavy atom. The number of carbonyl (C=O) groups is 2. The molecule has 0 bridgehead atoms. The lowest BCUT2D eigenvalue weighted by molar-refractivity contribution is -0.122. The lowest BCUT2D eigenvalue weighted by atomic mass is 10.1. The maximum Gasteiger partial charge on any atom is 0.322 e. The zero-order chi connectivity index (χ0) is 17.2. The molecule has 0 saturated carbocycles. The molecule has 0 aliphatic carbocycles. The molecule has 1 aromatic carbocycles. The average Bonchev–Trinajstić information content (AvgIpc) is 3.35. The van der Waals surface area contributed by atoms with Gasteiger partial charge < -0.3 is 13.7 Å². The molecule has 0 radical (unpaired) electrons. The van der Waals surface area contributed by atoms with Gasteiger partial charge in [-0.1, -0.05) is 23.3 Å². The van der Waals surface area contributed by atoms with Crippen LogP contribution >= 0.6 is 0 Å². The van der Waals surface area contributed by atoms with Gasteiger partial charge in [-0.3, -0.25) is 14.9 Å². The van der Waals surface area contributed by atoms with Gasteiger partial charge in [0.05, 0.1) is 12.2 Å². The monoisotopic (exact) mass is 338 g/mol. The first-order chi connectivity index (χ1) is 12.2. The summed E-state index contributed by atoms with van der Waals surface area (Å²) in [6, 6.07) is 12.6. The van der Waals surface area contributed by atoms with Crippen LogP contribution in [-0.4, -0.2) is 28.6 Å². The smallest absolute Gasteiger partial charge is 0.322 e. The fourth-order valence-electron chi connectivity index (χ4n) is 2.72. The number of aromatic nitrogens is 2. The van der Waals surface area contributed by atoms with E-state index in [1.807, 2.05) is 30.3 Å². The molecular weight excluding hydrogens is 324 g/mol. The van der Waals surface area contributed by atoms with Gasteiger partial charge in [-0.15, -0.1) is 5.10 Å². The van der Waals surface area contributed by atoms with E-state index in [9.17, 15) is 9.59 Å². The van der Waals surface area contributed by atoms with Crippen molar-refractivity contribution in [3.63, 3.8) is 0 Å². The molecule has 8 nitrogen and oxygen atoms in total. The fraction of sp³-hybridized carbons (Fsp3) is 0.176. The van der Waals surface area contributed by atoms with Crippen LogP contribution < -0.4 is 10.2 Å². The minimum Gasteiger partial charge on any atom is -0.459 e. The number of amides is 2. The van der Waals surface area contributed by atoms with Gasteiger partial charge >= 0.3 is 6.01 Å². The zero-order valence-corrected chi connectivity index (χ0v) is 13.1. The average molecular weight is 338 g/mol. The molecular formula is C17H14N4O4. The highest BCUT2D eigenvalue weighted by Gasteiger charge is 2.35. The van der Waals surface area contributed by atoms with E-state index in [4.69, 9.17) is 8.83 Å². The molecule has 1 aliphatic rings. The third-order valence-corrected chi connectivity index (χ3v) is 3.95. The summed E-state index contributed by atoms with van der Waals surface area (Å²) in [5.41, 5.74) is 0.778. The van der Waals surface area contributed by atoms with Gasteiger partial charge in [0.15, 0.2) is 5.76 Å². The van der Waals surface area contributed by atoms with Crippen molar-refractivity contribution < 1.29 is 18.4 Å². The van der Waals surface area contributed by atoms with E-state index < -0.39 is 5.92 Å². The number of anilines is 2. The summed E-state index contributed by atoms with van der Waals surface area (Å²) in [6.07, 6.45) is 1.63. The SMILES string of the molecule is O=C(Nc1nnc(-c2ccco2)o1)[C@H]1CC(=O)N(c2ccccc2)C1. The standard InChI is InChI=1S/C17H14N4O4/c22-14-9-11(10-21(14)12-5-2-1-3-6-12)15(23)18-17-20-19-16(25-17)13-7-4-8-24-13/h1-8,11H,9-10H2,(H,18,20,23)/t11-/m0/s1. The van der Waals surface area contributed by atoms with Crippen molar-refractivity contribution in [2.75, 3.05) is 16.8 Å². The first-order valence-corrected chi connectivity index (χ1v) is 7.74. The Kier molecular flexibility index (Phi) is 3.77. The Bertz CT molecular complexity index is 889. The number of carbonyl (C=O) groups excluding carboxylic acids is 2. The second kappa shape index (κ2) is 6.23. The molecule has 0 spiro atoms. The Morgan fingerprint density at radius 3 is 2.76 bits per heavy atom. The second-order valence-electron chi connectivity index (χ2n) is 5.62. The minimum atomic E-state index is -0.480. The molecule has 25 heavy (non-hydrogen) atoms. The largest absolute Gasteiger partial charge is 0.459 e. The summed E-state index contributed by atoms with van der Waals surface area (Å²) in [6.45, 7) is 0.313. The topological polar surface area (TPSA) is 101 Å². The van der Waals surface area contributed by atoms with Crippen LogP contribution in [0.3, 0.4) is 0 Å². The number of rotatable bonds is 4. The van der Waals surface area contributed by atoms with Crippen molar-refractivity contribution in [1.29, 1.82) is 0 Å². The maximum absolute atomic E-state index is 12.4. The van der Waals surface area contributed by atoms with Crippen LogP contribution in [0.2, 0.25) is 0 Å². The number of hydrogen-bond acceptors (Lipinski definition) is 6. The molecule has 126 valence electrons. The molecule has 3 aromatic rings. The molecule has 1 atom stereocenters. The van der Waals surface area contributed by atoms with Gasteiger partial charge in [0.2, 0.25) is 11.8 Å². The zero-order valence-electron chi connectivity index (χ0n) is 13.1. The number of furan rings is 1. The molecule has 1 saturated heterocycles. The molecule has 8 heteroatoms. The molecule has 2 amide bonds. The first-order valence-electron chi connectivity index (χ1n) is 7.74. The van der Waals surface area contributed by atoms with Crippen LogP contribution in [0.5, 0.6) is 0 Å². The van der Waals surface area contributed by atoms with Gasteiger partial charge in [-0.25, -0.2) is 0 Å². The molecule has 1 N–H and O–H groups in total. The number of hydrogen-bond donors (Lipinski definition) is 1. The van der Waals surface area contributed by atoms with Crippen LogP contribution in [0.25, 0.3) is 11.7 Å². The Labute approximate surface area is 142 Å². The van der Waals surface area contributed by atoms with Gasteiger partial charge in [-0.2, -0.15) is 0 Å². The van der Waals surface area contributed by atoms with Crippen LogP contribution in [0, 0.1) is 5.92 Å². The van der Waals surface area contributed by atoms with Crippen molar-refractivity contribution in [3.8, 4) is 11.7 Å². The van der Waals surface area contributed by atoms with Gasteiger partial charge in [0, 0.05) is 18.7 Å². The predicted octanol–water partition coefficient (Wildman–Crippen LogP) is 2.32. The first kappa shape index (κ1) is 15.1. The van der Waals surface area contributed by atoms with E-state index in [-0.39, 0.29) is 30.1 Å². The molecule has 2 aromatic heterocycles. The Morgan fingerprint density at radius 2 is 2.00 bits per heavy atom.